The Morgan fingerprint density at radius 2 is 1.81 bits per heavy atom. The maximum atomic E-state index is 13.5. The zero-order valence-electron chi connectivity index (χ0n) is 18.4. The van der Waals surface area contributed by atoms with E-state index in [2.05, 4.69) is 25.3 Å². The number of benzene rings is 1. The van der Waals surface area contributed by atoms with E-state index in [4.69, 9.17) is 11.6 Å². The average Bonchev–Trinajstić information content (AvgIpc) is 3.39. The summed E-state index contributed by atoms with van der Waals surface area (Å²) in [4.78, 5) is 29.9. The number of nitrogens with zero attached hydrogens (tertiary/aromatic N) is 5. The van der Waals surface area contributed by atoms with Gasteiger partial charge in [-0.3, -0.25) is 4.79 Å². The Hall–Kier alpha value is -3.67. The van der Waals surface area contributed by atoms with E-state index in [9.17, 15) is 26.7 Å². The van der Waals surface area contributed by atoms with E-state index in [0.717, 1.165) is 0 Å². The first-order chi connectivity index (χ1) is 16.9. The van der Waals surface area contributed by atoms with Gasteiger partial charge in [-0.2, -0.15) is 22.0 Å². The van der Waals surface area contributed by atoms with Crippen molar-refractivity contribution in [3.05, 3.63) is 70.9 Å². The number of hydrogen-bond acceptors (Lipinski definition) is 5. The number of imidazole rings is 1. The highest BCUT2D eigenvalue weighted by atomic mass is 35.5. The molecule has 0 bridgehead atoms. The molecule has 1 aromatic carbocycles. The second-order valence-electron chi connectivity index (χ2n) is 8.48. The Labute approximate surface area is 205 Å². The van der Waals surface area contributed by atoms with E-state index >= 15 is 0 Å². The Morgan fingerprint density at radius 1 is 1.08 bits per heavy atom. The molecule has 0 aliphatic carbocycles. The monoisotopic (exact) mass is 522 g/mol. The molecule has 0 saturated heterocycles. The molecule has 4 aromatic rings. The lowest BCUT2D eigenvalue weighted by Gasteiger charge is -2.22. The fourth-order valence-corrected chi connectivity index (χ4v) is 4.21. The van der Waals surface area contributed by atoms with E-state index < -0.39 is 30.4 Å². The van der Waals surface area contributed by atoms with Crippen LogP contribution >= 0.6 is 11.6 Å². The van der Waals surface area contributed by atoms with Crippen molar-refractivity contribution in [3.63, 3.8) is 0 Å². The van der Waals surface area contributed by atoms with Crippen LogP contribution in [0.25, 0.3) is 17.2 Å². The van der Waals surface area contributed by atoms with Gasteiger partial charge in [0.15, 0.2) is 11.5 Å². The number of alkyl halides is 5. The average molecular weight is 523 g/mol. The molecule has 1 aliphatic heterocycles. The minimum absolute atomic E-state index is 0.0498. The fraction of sp³-hybridized carbons (Fsp3) is 0.261. The minimum Gasteiger partial charge on any atom is -0.309 e. The molecule has 1 atom stereocenters. The van der Waals surface area contributed by atoms with Crippen LogP contribution in [0.4, 0.5) is 27.8 Å². The van der Waals surface area contributed by atoms with Crippen LogP contribution < -0.4 is 5.32 Å². The summed E-state index contributed by atoms with van der Waals surface area (Å²) in [7, 11) is 0. The lowest BCUT2D eigenvalue weighted by Crippen LogP contribution is -2.36. The predicted octanol–water partition coefficient (Wildman–Crippen LogP) is 5.23. The molecule has 0 radical (unpaired) electrons. The SMILES string of the molecule is CC1(c2ccc(Cl)cc2)C(=O)Nc2nc(-c3cn4ccnc4c(CCC(F)(F)C(F)(F)F)n3)ncc21. The Morgan fingerprint density at radius 3 is 2.50 bits per heavy atom. The molecule has 5 rings (SSSR count). The number of aryl methyl sites for hydroxylation is 1. The zero-order valence-corrected chi connectivity index (χ0v) is 19.2. The summed E-state index contributed by atoms with van der Waals surface area (Å²) in [6.45, 7) is 1.72. The topological polar surface area (TPSA) is 85.1 Å². The third kappa shape index (κ3) is 3.85. The van der Waals surface area contributed by atoms with Crippen LogP contribution in [0.3, 0.4) is 0 Å². The number of amides is 1. The van der Waals surface area contributed by atoms with Gasteiger partial charge >= 0.3 is 12.1 Å². The third-order valence-corrected chi connectivity index (χ3v) is 6.45. The Balaban J connectivity index is 1.52. The van der Waals surface area contributed by atoms with E-state index in [-0.39, 0.29) is 34.6 Å². The van der Waals surface area contributed by atoms with Gasteiger partial charge in [-0.25, -0.2) is 19.9 Å². The number of anilines is 1. The van der Waals surface area contributed by atoms with Crippen LogP contribution in [0, 0.1) is 0 Å². The van der Waals surface area contributed by atoms with Crippen molar-refractivity contribution in [2.24, 2.45) is 0 Å². The van der Waals surface area contributed by atoms with Crippen LogP contribution in [-0.4, -0.2) is 42.3 Å². The van der Waals surface area contributed by atoms with Crippen LogP contribution in [0.15, 0.2) is 49.1 Å². The molecule has 4 heterocycles. The van der Waals surface area contributed by atoms with Crippen molar-refractivity contribution in [2.45, 2.75) is 37.3 Å². The first kappa shape index (κ1) is 24.0. The van der Waals surface area contributed by atoms with Gasteiger partial charge in [-0.1, -0.05) is 23.7 Å². The van der Waals surface area contributed by atoms with Gasteiger partial charge in [-0.15, -0.1) is 0 Å². The summed E-state index contributed by atoms with van der Waals surface area (Å²) in [6, 6.07) is 6.78. The van der Waals surface area contributed by atoms with Crippen molar-refractivity contribution in [1.82, 2.24) is 24.3 Å². The summed E-state index contributed by atoms with van der Waals surface area (Å²) in [5.41, 5.74) is 0.275. The molecule has 1 N–H and O–H groups in total. The first-order valence-corrected chi connectivity index (χ1v) is 11.0. The molecule has 1 amide bonds. The van der Waals surface area contributed by atoms with Gasteiger partial charge in [0, 0.05) is 41.8 Å². The van der Waals surface area contributed by atoms with Crippen molar-refractivity contribution in [2.75, 3.05) is 5.32 Å². The number of hydrogen-bond donors (Lipinski definition) is 1. The number of halogens is 6. The lowest BCUT2D eigenvalue weighted by atomic mass is 9.78. The van der Waals surface area contributed by atoms with Crippen LogP contribution in [0.2, 0.25) is 5.02 Å². The largest absolute Gasteiger partial charge is 0.453 e. The number of carbonyl (C=O) groups is 1. The normalized spacial score (nSPS) is 17.9. The second-order valence-corrected chi connectivity index (χ2v) is 8.91. The number of nitrogens with one attached hydrogen (secondary N) is 1. The van der Waals surface area contributed by atoms with Gasteiger partial charge in [0.1, 0.15) is 16.9 Å². The number of rotatable bonds is 5. The number of fused-ring (bicyclic) bond motifs is 2. The molecule has 36 heavy (non-hydrogen) atoms. The molecule has 186 valence electrons. The molecular formula is C23H16ClF5N6O. The van der Waals surface area contributed by atoms with Crippen molar-refractivity contribution in [1.29, 1.82) is 0 Å². The first-order valence-electron chi connectivity index (χ1n) is 10.6. The predicted molar refractivity (Wildman–Crippen MR) is 120 cm³/mol. The molecule has 3 aromatic heterocycles. The smallest absolute Gasteiger partial charge is 0.309 e. The number of aromatic nitrogens is 5. The van der Waals surface area contributed by atoms with Crippen LogP contribution in [0.1, 0.15) is 30.2 Å². The standard InChI is InChI=1S/C23H16ClF5N6O/c1-21(12-2-4-13(24)5-3-12)14-10-31-18(33-17(14)34-20(21)36)16-11-35-9-8-30-19(35)15(32-16)6-7-22(25,26)23(27,28)29/h2-5,8-11H,6-7H2,1H3,(H,31,33,34,36). The van der Waals surface area contributed by atoms with Gasteiger partial charge in [0.05, 0.1) is 5.69 Å². The Kier molecular flexibility index (Phi) is 5.47. The lowest BCUT2D eigenvalue weighted by molar-refractivity contribution is -0.284. The fourth-order valence-electron chi connectivity index (χ4n) is 4.08. The van der Waals surface area contributed by atoms with Crippen LogP contribution in [0.5, 0.6) is 0 Å². The Bertz CT molecular complexity index is 1490. The summed E-state index contributed by atoms with van der Waals surface area (Å²) in [5, 5.41) is 3.24. The highest BCUT2D eigenvalue weighted by Gasteiger charge is 2.56. The highest BCUT2D eigenvalue weighted by molar-refractivity contribution is 6.30. The third-order valence-electron chi connectivity index (χ3n) is 6.20. The quantitative estimate of drug-likeness (QED) is 0.363. The molecule has 0 saturated carbocycles. The summed E-state index contributed by atoms with van der Waals surface area (Å²) >= 11 is 5.97. The van der Waals surface area contributed by atoms with Gasteiger partial charge in [0.2, 0.25) is 5.91 Å². The highest BCUT2D eigenvalue weighted by Crippen LogP contribution is 2.42. The van der Waals surface area contributed by atoms with Gasteiger partial charge in [0.25, 0.3) is 0 Å². The second kappa shape index (κ2) is 8.19. The zero-order chi connectivity index (χ0) is 25.9. The molecule has 13 heteroatoms. The van der Waals surface area contributed by atoms with Gasteiger partial charge < -0.3 is 9.72 Å². The van der Waals surface area contributed by atoms with Crippen molar-refractivity contribution in [3.8, 4) is 11.5 Å². The molecule has 1 unspecified atom stereocenters. The van der Waals surface area contributed by atoms with E-state index in [1.54, 1.807) is 31.2 Å². The maximum absolute atomic E-state index is 13.5. The van der Waals surface area contributed by atoms with E-state index in [0.29, 0.717) is 16.1 Å². The molecule has 0 spiro atoms. The van der Waals surface area contributed by atoms with E-state index in [1.165, 1.54) is 29.2 Å². The van der Waals surface area contributed by atoms with Crippen molar-refractivity contribution >= 4 is 29.0 Å². The van der Waals surface area contributed by atoms with Crippen LogP contribution in [-0.2, 0) is 16.6 Å². The van der Waals surface area contributed by atoms with Gasteiger partial charge in [-0.05, 0) is 31.0 Å². The molecule has 0 fully saturated rings. The minimum atomic E-state index is -5.67. The summed E-state index contributed by atoms with van der Waals surface area (Å²) < 4.78 is 66.4. The maximum Gasteiger partial charge on any atom is 0.453 e. The molecule has 1 aliphatic rings. The van der Waals surface area contributed by atoms with E-state index in [1.807, 2.05) is 0 Å². The van der Waals surface area contributed by atoms with Crippen molar-refractivity contribution < 1.29 is 26.7 Å². The molecule has 7 nitrogen and oxygen atoms in total. The summed E-state index contributed by atoms with van der Waals surface area (Å²) in [6.07, 6.45) is -2.04. The number of carbonyl (C=O) groups excluding carboxylic acids is 1. The molecular weight excluding hydrogens is 507 g/mol. The summed E-state index contributed by atoms with van der Waals surface area (Å²) in [5.74, 6) is -4.93.